The second-order valence-electron chi connectivity index (χ2n) is 7.96. The van der Waals surface area contributed by atoms with Crippen molar-refractivity contribution in [2.75, 3.05) is 20.8 Å². The van der Waals surface area contributed by atoms with Crippen LogP contribution in [0.3, 0.4) is 0 Å². The van der Waals surface area contributed by atoms with Crippen molar-refractivity contribution in [3.8, 4) is 17.2 Å². The van der Waals surface area contributed by atoms with Gasteiger partial charge in [0.15, 0.2) is 18.1 Å². The average molecular weight is 467 g/mol. The van der Waals surface area contributed by atoms with Gasteiger partial charge in [-0.15, -0.1) is 0 Å². The van der Waals surface area contributed by atoms with E-state index < -0.39 is 6.04 Å². The fourth-order valence-electron chi connectivity index (χ4n) is 3.42. The second kappa shape index (κ2) is 11.2. The zero-order chi connectivity index (χ0) is 24.7. The highest BCUT2D eigenvalue weighted by Gasteiger charge is 2.23. The van der Waals surface area contributed by atoms with Gasteiger partial charge in [0.05, 0.1) is 14.2 Å². The molecule has 34 heavy (non-hydrogen) atoms. The molecule has 0 aliphatic heterocycles. The van der Waals surface area contributed by atoms with Gasteiger partial charge in [0, 0.05) is 31.0 Å². The van der Waals surface area contributed by atoms with E-state index in [0.29, 0.717) is 28.6 Å². The van der Waals surface area contributed by atoms with Gasteiger partial charge >= 0.3 is 0 Å². The second-order valence-corrected chi connectivity index (χ2v) is 7.96. The lowest BCUT2D eigenvalue weighted by Crippen LogP contribution is -2.34. The highest BCUT2D eigenvalue weighted by molar-refractivity contribution is 5.95. The first-order valence-electron chi connectivity index (χ1n) is 10.8. The van der Waals surface area contributed by atoms with Gasteiger partial charge in [0.25, 0.3) is 11.8 Å². The third-order valence-corrected chi connectivity index (χ3v) is 5.05. The number of aryl methyl sites for hydroxylation is 1. The highest BCUT2D eigenvalue weighted by atomic mass is 16.5. The number of methoxy groups -OCH3 is 2. The molecule has 1 heterocycles. The molecule has 9 heteroatoms. The van der Waals surface area contributed by atoms with Crippen LogP contribution in [0.2, 0.25) is 0 Å². The predicted octanol–water partition coefficient (Wildman–Crippen LogP) is 2.86. The van der Waals surface area contributed by atoms with E-state index >= 15 is 0 Å². The minimum absolute atomic E-state index is 0.0142. The Morgan fingerprint density at radius 3 is 2.47 bits per heavy atom. The van der Waals surface area contributed by atoms with Gasteiger partial charge in [-0.05, 0) is 49.7 Å². The third-order valence-electron chi connectivity index (χ3n) is 5.05. The summed E-state index contributed by atoms with van der Waals surface area (Å²) in [5, 5.41) is 5.81. The smallest absolute Gasteiger partial charge is 0.258 e. The van der Waals surface area contributed by atoms with Crippen LogP contribution in [0, 0.1) is 0 Å². The Balaban J connectivity index is 1.82. The number of nitrogens with one attached hydrogen (secondary N) is 2. The highest BCUT2D eigenvalue weighted by Crippen LogP contribution is 2.29. The minimum atomic E-state index is -0.510. The van der Waals surface area contributed by atoms with Crippen molar-refractivity contribution in [3.63, 3.8) is 0 Å². The van der Waals surface area contributed by atoms with Crippen molar-refractivity contribution >= 4 is 11.8 Å². The quantitative estimate of drug-likeness (QED) is 0.476. The van der Waals surface area contributed by atoms with Crippen molar-refractivity contribution < 1.29 is 23.8 Å². The fraction of sp³-hybridized carbons (Fsp3) is 0.320. The summed E-state index contributed by atoms with van der Waals surface area (Å²) >= 11 is 0. The Morgan fingerprint density at radius 2 is 1.82 bits per heavy atom. The number of carbonyl (C=O) groups excluding carboxylic acids is 2. The molecule has 0 fully saturated rings. The van der Waals surface area contributed by atoms with Crippen molar-refractivity contribution in [3.05, 3.63) is 71.8 Å². The summed E-state index contributed by atoms with van der Waals surface area (Å²) < 4.78 is 18.2. The molecular formula is C25H30N4O5. The summed E-state index contributed by atoms with van der Waals surface area (Å²) in [5.74, 6) is 1.50. The molecule has 9 nitrogen and oxygen atoms in total. The average Bonchev–Trinajstić information content (AvgIpc) is 3.25. The summed E-state index contributed by atoms with van der Waals surface area (Å²) in [6, 6.07) is 11.8. The topological polar surface area (TPSA) is 104 Å². The van der Waals surface area contributed by atoms with E-state index in [1.165, 1.54) is 7.11 Å². The molecule has 1 aromatic heterocycles. The number of rotatable bonds is 10. The summed E-state index contributed by atoms with van der Waals surface area (Å²) in [7, 11) is 4.94. The molecule has 0 saturated heterocycles. The van der Waals surface area contributed by atoms with Crippen LogP contribution < -0.4 is 24.8 Å². The first-order valence-corrected chi connectivity index (χ1v) is 10.8. The van der Waals surface area contributed by atoms with Gasteiger partial charge in [-0.2, -0.15) is 0 Å². The molecule has 0 aliphatic rings. The first-order chi connectivity index (χ1) is 16.3. The summed E-state index contributed by atoms with van der Waals surface area (Å²) in [5.41, 5.74) is 1.20. The number of ether oxygens (including phenoxy) is 3. The van der Waals surface area contributed by atoms with Crippen LogP contribution in [0.5, 0.6) is 17.2 Å². The molecule has 3 aromatic rings. The molecule has 3 rings (SSSR count). The van der Waals surface area contributed by atoms with E-state index in [-0.39, 0.29) is 24.5 Å². The Morgan fingerprint density at radius 1 is 1.03 bits per heavy atom. The number of nitrogens with zero attached hydrogens (tertiary/aromatic N) is 2. The normalized spacial score (nSPS) is 11.6. The third kappa shape index (κ3) is 6.06. The van der Waals surface area contributed by atoms with Gasteiger partial charge in [-0.25, -0.2) is 4.98 Å². The van der Waals surface area contributed by atoms with Gasteiger partial charge < -0.3 is 29.4 Å². The molecule has 0 bridgehead atoms. The van der Waals surface area contributed by atoms with Crippen LogP contribution in [0.1, 0.15) is 41.6 Å². The van der Waals surface area contributed by atoms with Gasteiger partial charge in [0.1, 0.15) is 17.6 Å². The molecule has 0 radical (unpaired) electrons. The maximum atomic E-state index is 13.2. The summed E-state index contributed by atoms with van der Waals surface area (Å²) in [4.78, 5) is 29.5. The number of hydrogen-bond donors (Lipinski definition) is 2. The molecule has 2 amide bonds. The van der Waals surface area contributed by atoms with Gasteiger partial charge in [0.2, 0.25) is 0 Å². The van der Waals surface area contributed by atoms with E-state index in [2.05, 4.69) is 15.6 Å². The minimum Gasteiger partial charge on any atom is -0.497 e. The molecule has 0 aliphatic carbocycles. The van der Waals surface area contributed by atoms with Crippen LogP contribution in [-0.2, 0) is 11.8 Å². The lowest BCUT2D eigenvalue weighted by molar-refractivity contribution is -0.123. The monoisotopic (exact) mass is 466 g/mol. The molecule has 1 unspecified atom stereocenters. The Bertz CT molecular complexity index is 1140. The number of imidazole rings is 1. The zero-order valence-electron chi connectivity index (χ0n) is 20.0. The summed E-state index contributed by atoms with van der Waals surface area (Å²) in [6.07, 6.45) is 3.50. The zero-order valence-corrected chi connectivity index (χ0v) is 20.0. The number of hydrogen-bond acceptors (Lipinski definition) is 6. The van der Waals surface area contributed by atoms with Crippen LogP contribution in [0.25, 0.3) is 0 Å². The predicted molar refractivity (Wildman–Crippen MR) is 127 cm³/mol. The van der Waals surface area contributed by atoms with E-state index in [1.807, 2.05) is 55.9 Å². The van der Waals surface area contributed by atoms with Gasteiger partial charge in [-0.3, -0.25) is 9.59 Å². The van der Waals surface area contributed by atoms with E-state index in [1.54, 1.807) is 31.5 Å². The maximum absolute atomic E-state index is 13.2. The van der Waals surface area contributed by atoms with Crippen molar-refractivity contribution in [2.45, 2.75) is 25.9 Å². The largest absolute Gasteiger partial charge is 0.497 e. The fourth-order valence-corrected chi connectivity index (χ4v) is 3.42. The summed E-state index contributed by atoms with van der Waals surface area (Å²) in [6.45, 7) is 3.59. The number of carbonyl (C=O) groups is 2. The Labute approximate surface area is 199 Å². The molecule has 2 N–H and O–H groups in total. The molecule has 0 spiro atoms. The number of benzene rings is 2. The Hall–Kier alpha value is -4.01. The van der Waals surface area contributed by atoms with E-state index in [4.69, 9.17) is 14.2 Å². The van der Waals surface area contributed by atoms with Gasteiger partial charge in [-0.1, -0.05) is 12.1 Å². The molecule has 1 atom stereocenters. The Kier molecular flexibility index (Phi) is 8.13. The van der Waals surface area contributed by atoms with Crippen molar-refractivity contribution in [1.82, 2.24) is 20.2 Å². The standard InChI is InChI=1S/C25H30N4O5/c1-16(2)27-22(30)15-34-20-10-9-18(14-21(20)33-5)25(31)28-23(24-26-11-12-29(24)3)17-7-6-8-19(13-17)32-4/h6-14,16,23H,15H2,1-5H3,(H,27,30)(H,28,31). The molecule has 180 valence electrons. The van der Waals surface area contributed by atoms with Crippen LogP contribution in [0.4, 0.5) is 0 Å². The van der Waals surface area contributed by atoms with Crippen molar-refractivity contribution in [1.29, 1.82) is 0 Å². The van der Waals surface area contributed by atoms with E-state index in [9.17, 15) is 9.59 Å². The maximum Gasteiger partial charge on any atom is 0.258 e. The molecule has 0 saturated carbocycles. The van der Waals surface area contributed by atoms with Crippen molar-refractivity contribution in [2.24, 2.45) is 7.05 Å². The van der Waals surface area contributed by atoms with Crippen LogP contribution in [-0.4, -0.2) is 48.2 Å². The van der Waals surface area contributed by atoms with Crippen LogP contribution in [0.15, 0.2) is 54.9 Å². The first kappa shape index (κ1) is 24.6. The number of amides is 2. The lowest BCUT2D eigenvalue weighted by atomic mass is 10.0. The number of aromatic nitrogens is 2. The SMILES string of the molecule is COc1cccc(C(NC(=O)c2ccc(OCC(=O)NC(C)C)c(OC)c2)c2nccn2C)c1. The molecular weight excluding hydrogens is 436 g/mol. The van der Waals surface area contributed by atoms with Crippen LogP contribution >= 0.6 is 0 Å². The lowest BCUT2D eigenvalue weighted by Gasteiger charge is -2.20. The van der Waals surface area contributed by atoms with E-state index in [0.717, 1.165) is 5.56 Å². The molecule has 2 aromatic carbocycles.